The number of ether oxygens (including phenoxy) is 1. The number of nitrogens with zero attached hydrogens (tertiary/aromatic N) is 2. The molecule has 43 heavy (non-hydrogen) atoms. The summed E-state index contributed by atoms with van der Waals surface area (Å²) >= 11 is 0. The lowest BCUT2D eigenvalue weighted by Gasteiger charge is -2.41. The van der Waals surface area contributed by atoms with E-state index in [9.17, 15) is 4.79 Å². The van der Waals surface area contributed by atoms with Crippen LogP contribution in [0.1, 0.15) is 28.7 Å². The van der Waals surface area contributed by atoms with Crippen LogP contribution in [0.2, 0.25) is 0 Å². The molecule has 0 bridgehead atoms. The molecule has 6 nitrogen and oxygen atoms in total. The number of nitrogens with one attached hydrogen (secondary N) is 2. The van der Waals surface area contributed by atoms with E-state index >= 15 is 0 Å². The Kier molecular flexibility index (Phi) is 13.9. The van der Waals surface area contributed by atoms with Crippen molar-refractivity contribution in [1.29, 1.82) is 0 Å². The van der Waals surface area contributed by atoms with Crippen LogP contribution in [0.25, 0.3) is 0 Å². The topological polar surface area (TPSA) is 56.8 Å². The van der Waals surface area contributed by atoms with Gasteiger partial charge < -0.3 is 15.4 Å². The van der Waals surface area contributed by atoms with E-state index in [4.69, 9.17) is 4.74 Å². The SMILES string of the molecule is COC(=O)CC1CN(Cc2ccccc2)CCN1Cc1ccccc1.c1ccc(CNCCNCc2ccccc2)cc1. The third-order valence-electron chi connectivity index (χ3n) is 7.62. The average molecular weight is 579 g/mol. The summed E-state index contributed by atoms with van der Waals surface area (Å²) in [4.78, 5) is 16.7. The van der Waals surface area contributed by atoms with Crippen molar-refractivity contribution >= 4 is 5.97 Å². The monoisotopic (exact) mass is 578 g/mol. The predicted molar refractivity (Wildman–Crippen MR) is 175 cm³/mol. The summed E-state index contributed by atoms with van der Waals surface area (Å²) in [6.07, 6.45) is 0.439. The smallest absolute Gasteiger partial charge is 0.307 e. The molecule has 1 heterocycles. The van der Waals surface area contributed by atoms with Gasteiger partial charge in [0.25, 0.3) is 0 Å². The first-order chi connectivity index (χ1) is 21.2. The molecule has 1 atom stereocenters. The Morgan fingerprint density at radius 2 is 1.09 bits per heavy atom. The first-order valence-electron chi connectivity index (χ1n) is 15.3. The Labute approximate surface area is 257 Å². The standard InChI is InChI=1S/C21H26N2O2.C16H20N2/c1-25-21(24)14-20-17-22(15-18-8-4-2-5-9-18)12-13-23(20)16-19-10-6-3-7-11-19;1-3-7-15(8-4-1)13-17-11-12-18-14-16-9-5-2-6-10-16/h2-11,20H,12-17H2,1H3;1-10,17-18H,11-14H2. The summed E-state index contributed by atoms with van der Waals surface area (Å²) in [6, 6.07) is 42.1. The van der Waals surface area contributed by atoms with Gasteiger partial charge >= 0.3 is 5.97 Å². The van der Waals surface area contributed by atoms with Gasteiger partial charge in [-0.15, -0.1) is 0 Å². The van der Waals surface area contributed by atoms with E-state index in [1.165, 1.54) is 29.4 Å². The van der Waals surface area contributed by atoms with Crippen LogP contribution in [0, 0.1) is 0 Å². The molecule has 1 fully saturated rings. The highest BCUT2D eigenvalue weighted by Gasteiger charge is 2.29. The molecule has 6 heteroatoms. The number of rotatable bonds is 13. The molecule has 0 radical (unpaired) electrons. The summed E-state index contributed by atoms with van der Waals surface area (Å²) in [5.41, 5.74) is 5.27. The van der Waals surface area contributed by atoms with Gasteiger partial charge in [0.2, 0.25) is 0 Å². The zero-order valence-corrected chi connectivity index (χ0v) is 25.4. The molecule has 0 aliphatic carbocycles. The maximum absolute atomic E-state index is 11.9. The number of carbonyl (C=O) groups is 1. The van der Waals surface area contributed by atoms with Gasteiger partial charge in [-0.25, -0.2) is 0 Å². The number of carbonyl (C=O) groups excluding carboxylic acids is 1. The fourth-order valence-electron chi connectivity index (χ4n) is 5.27. The minimum Gasteiger partial charge on any atom is -0.469 e. The molecule has 0 spiro atoms. The Hall–Kier alpha value is -3.81. The van der Waals surface area contributed by atoms with E-state index in [2.05, 4.69) is 117 Å². The first-order valence-corrected chi connectivity index (χ1v) is 15.3. The first kappa shape index (κ1) is 32.1. The number of esters is 1. The number of methoxy groups -OCH3 is 1. The normalized spacial score (nSPS) is 15.3. The fraction of sp³-hybridized carbons (Fsp3) is 0.324. The van der Waals surface area contributed by atoms with Gasteiger partial charge in [-0.3, -0.25) is 14.6 Å². The second-order valence-corrected chi connectivity index (χ2v) is 10.9. The molecule has 1 aliphatic heterocycles. The van der Waals surface area contributed by atoms with Crippen molar-refractivity contribution < 1.29 is 9.53 Å². The van der Waals surface area contributed by atoms with Gasteiger partial charge in [0.1, 0.15) is 0 Å². The molecule has 0 saturated carbocycles. The largest absolute Gasteiger partial charge is 0.469 e. The van der Waals surface area contributed by atoms with Crippen LogP contribution in [0.5, 0.6) is 0 Å². The maximum atomic E-state index is 11.9. The number of piperazine rings is 1. The Balaban J connectivity index is 0.000000208. The van der Waals surface area contributed by atoms with E-state index in [-0.39, 0.29) is 12.0 Å². The van der Waals surface area contributed by atoms with Crippen molar-refractivity contribution in [3.8, 4) is 0 Å². The Morgan fingerprint density at radius 3 is 1.56 bits per heavy atom. The number of hydrogen-bond acceptors (Lipinski definition) is 6. The molecule has 1 unspecified atom stereocenters. The summed E-state index contributed by atoms with van der Waals surface area (Å²) in [5.74, 6) is -0.135. The lowest BCUT2D eigenvalue weighted by Crippen LogP contribution is -2.53. The molecule has 5 rings (SSSR count). The lowest BCUT2D eigenvalue weighted by molar-refractivity contribution is -0.142. The van der Waals surface area contributed by atoms with Crippen LogP contribution in [0.15, 0.2) is 121 Å². The summed E-state index contributed by atoms with van der Waals surface area (Å²) in [7, 11) is 1.47. The second kappa shape index (κ2) is 18.7. The molecule has 4 aromatic carbocycles. The average Bonchev–Trinajstić information content (AvgIpc) is 3.06. The molecule has 1 saturated heterocycles. The zero-order chi connectivity index (χ0) is 30.0. The van der Waals surface area contributed by atoms with Crippen molar-refractivity contribution in [3.05, 3.63) is 144 Å². The van der Waals surface area contributed by atoms with Crippen molar-refractivity contribution in [3.63, 3.8) is 0 Å². The molecule has 4 aromatic rings. The summed E-state index contributed by atoms with van der Waals surface area (Å²) in [5, 5.41) is 6.85. The lowest BCUT2D eigenvalue weighted by atomic mass is 10.1. The molecule has 226 valence electrons. The highest BCUT2D eigenvalue weighted by Crippen LogP contribution is 2.19. The Morgan fingerprint density at radius 1 is 0.651 bits per heavy atom. The van der Waals surface area contributed by atoms with Crippen LogP contribution in [-0.4, -0.2) is 61.6 Å². The number of benzene rings is 4. The minimum absolute atomic E-state index is 0.135. The highest BCUT2D eigenvalue weighted by molar-refractivity contribution is 5.70. The van der Waals surface area contributed by atoms with Crippen LogP contribution < -0.4 is 10.6 Å². The second-order valence-electron chi connectivity index (χ2n) is 10.9. The summed E-state index contributed by atoms with van der Waals surface area (Å²) < 4.78 is 4.92. The van der Waals surface area contributed by atoms with Crippen molar-refractivity contribution in [1.82, 2.24) is 20.4 Å². The van der Waals surface area contributed by atoms with Crippen molar-refractivity contribution in [2.75, 3.05) is 39.8 Å². The van der Waals surface area contributed by atoms with Gasteiger partial charge in [0.05, 0.1) is 13.5 Å². The predicted octanol–water partition coefficient (Wildman–Crippen LogP) is 5.50. The summed E-state index contributed by atoms with van der Waals surface area (Å²) in [6.45, 7) is 8.52. The van der Waals surface area contributed by atoms with Gasteiger partial charge in [0, 0.05) is 64.9 Å². The quantitative estimate of drug-likeness (QED) is 0.161. The van der Waals surface area contributed by atoms with Crippen LogP contribution in [-0.2, 0) is 35.7 Å². The van der Waals surface area contributed by atoms with E-state index in [1.54, 1.807) is 0 Å². The third kappa shape index (κ3) is 12.1. The van der Waals surface area contributed by atoms with Crippen LogP contribution in [0.4, 0.5) is 0 Å². The van der Waals surface area contributed by atoms with Gasteiger partial charge in [0.15, 0.2) is 0 Å². The van der Waals surface area contributed by atoms with Gasteiger partial charge in [-0.2, -0.15) is 0 Å². The van der Waals surface area contributed by atoms with E-state index in [1.807, 2.05) is 24.3 Å². The molecule has 0 aromatic heterocycles. The van der Waals surface area contributed by atoms with Gasteiger partial charge in [-0.05, 0) is 22.3 Å². The molecule has 2 N–H and O–H groups in total. The van der Waals surface area contributed by atoms with Crippen molar-refractivity contribution in [2.45, 2.75) is 38.6 Å². The molecular weight excluding hydrogens is 532 g/mol. The Bertz CT molecular complexity index is 1250. The maximum Gasteiger partial charge on any atom is 0.307 e. The number of hydrogen-bond donors (Lipinski definition) is 2. The third-order valence-corrected chi connectivity index (χ3v) is 7.62. The van der Waals surface area contributed by atoms with E-state index in [0.717, 1.165) is 58.9 Å². The minimum atomic E-state index is -0.135. The fourth-order valence-corrected chi connectivity index (χ4v) is 5.27. The molecular formula is C37H46N4O2. The van der Waals surface area contributed by atoms with Crippen LogP contribution >= 0.6 is 0 Å². The van der Waals surface area contributed by atoms with Gasteiger partial charge in [-0.1, -0.05) is 121 Å². The molecule has 1 aliphatic rings. The van der Waals surface area contributed by atoms with E-state index < -0.39 is 0 Å². The zero-order valence-electron chi connectivity index (χ0n) is 25.4. The highest BCUT2D eigenvalue weighted by atomic mass is 16.5. The van der Waals surface area contributed by atoms with E-state index in [0.29, 0.717) is 6.42 Å². The van der Waals surface area contributed by atoms with Crippen molar-refractivity contribution in [2.24, 2.45) is 0 Å². The molecule has 0 amide bonds. The van der Waals surface area contributed by atoms with Crippen LogP contribution in [0.3, 0.4) is 0 Å².